The molecule has 0 radical (unpaired) electrons. The van der Waals surface area contributed by atoms with Crippen molar-refractivity contribution in [3.05, 3.63) is 75.4 Å². The van der Waals surface area contributed by atoms with E-state index in [-0.39, 0.29) is 29.1 Å². The predicted molar refractivity (Wildman–Crippen MR) is 99.4 cm³/mol. The minimum absolute atomic E-state index is 0.00992. The first-order valence-electron chi connectivity index (χ1n) is 8.62. The summed E-state index contributed by atoms with van der Waals surface area (Å²) in [6, 6.07) is 9.82. The molecule has 0 unspecified atom stereocenters. The van der Waals surface area contributed by atoms with Crippen molar-refractivity contribution in [3.8, 4) is 5.75 Å². The Morgan fingerprint density at radius 3 is 2.67 bits per heavy atom. The molecule has 27 heavy (non-hydrogen) atoms. The number of aromatic carboxylic acids is 1. The molecule has 0 spiro atoms. The number of allylic oxidation sites excluding steroid dienone is 2. The quantitative estimate of drug-likeness (QED) is 0.479. The maximum absolute atomic E-state index is 11.3. The summed E-state index contributed by atoms with van der Waals surface area (Å²) in [6.45, 7) is 0. The van der Waals surface area contributed by atoms with Crippen molar-refractivity contribution in [1.29, 1.82) is 0 Å². The van der Waals surface area contributed by atoms with E-state index in [1.165, 1.54) is 13.2 Å². The van der Waals surface area contributed by atoms with Gasteiger partial charge in [-0.15, -0.1) is 0 Å². The molecule has 7 heteroatoms. The lowest BCUT2D eigenvalue weighted by Gasteiger charge is -2.38. The van der Waals surface area contributed by atoms with Crippen LogP contribution in [0.2, 0.25) is 0 Å². The summed E-state index contributed by atoms with van der Waals surface area (Å²) in [7, 11) is 1.49. The fourth-order valence-corrected chi connectivity index (χ4v) is 4.08. The van der Waals surface area contributed by atoms with E-state index < -0.39 is 10.9 Å². The van der Waals surface area contributed by atoms with Gasteiger partial charge in [0.05, 0.1) is 35.4 Å². The lowest BCUT2D eigenvalue weighted by atomic mass is 9.76. The number of hydrogen-bond donors (Lipinski definition) is 2. The lowest BCUT2D eigenvalue weighted by molar-refractivity contribution is -0.385. The molecule has 4 rings (SSSR count). The van der Waals surface area contributed by atoms with E-state index in [1.54, 1.807) is 18.2 Å². The monoisotopic (exact) mass is 366 g/mol. The molecular formula is C20H18N2O5. The van der Waals surface area contributed by atoms with E-state index in [0.29, 0.717) is 5.75 Å². The van der Waals surface area contributed by atoms with Gasteiger partial charge in [0.15, 0.2) is 0 Å². The largest absolute Gasteiger partial charge is 0.494 e. The van der Waals surface area contributed by atoms with Crippen molar-refractivity contribution < 1.29 is 19.6 Å². The molecule has 138 valence electrons. The molecule has 2 aromatic carbocycles. The second-order valence-corrected chi connectivity index (χ2v) is 6.77. The Kier molecular flexibility index (Phi) is 4.07. The topological polar surface area (TPSA) is 102 Å². The number of rotatable bonds is 4. The van der Waals surface area contributed by atoms with Gasteiger partial charge in [-0.3, -0.25) is 10.1 Å². The highest BCUT2D eigenvalue weighted by atomic mass is 16.6. The molecule has 0 saturated heterocycles. The molecule has 1 aliphatic heterocycles. The smallest absolute Gasteiger partial charge is 0.335 e. The molecule has 0 saturated carbocycles. The zero-order valence-electron chi connectivity index (χ0n) is 14.6. The fourth-order valence-electron chi connectivity index (χ4n) is 4.08. The molecule has 0 aromatic heterocycles. The average molecular weight is 366 g/mol. The number of nitrogens with zero attached hydrogens (tertiary/aromatic N) is 1. The van der Waals surface area contributed by atoms with Crippen LogP contribution in [0.15, 0.2) is 48.6 Å². The summed E-state index contributed by atoms with van der Waals surface area (Å²) in [4.78, 5) is 22.0. The van der Waals surface area contributed by atoms with Crippen LogP contribution in [0.5, 0.6) is 5.75 Å². The first-order valence-corrected chi connectivity index (χ1v) is 8.62. The Morgan fingerprint density at radius 1 is 1.30 bits per heavy atom. The number of nitro groups is 1. The Hall–Kier alpha value is -3.35. The zero-order valence-corrected chi connectivity index (χ0v) is 14.6. The third-order valence-corrected chi connectivity index (χ3v) is 5.36. The Bertz CT molecular complexity index is 952. The van der Waals surface area contributed by atoms with Crippen LogP contribution >= 0.6 is 0 Å². The molecule has 2 N–H and O–H groups in total. The lowest BCUT2D eigenvalue weighted by Crippen LogP contribution is -2.29. The van der Waals surface area contributed by atoms with Crippen LogP contribution < -0.4 is 10.1 Å². The summed E-state index contributed by atoms with van der Waals surface area (Å²) in [5, 5.41) is 23.9. The van der Waals surface area contributed by atoms with E-state index in [2.05, 4.69) is 17.5 Å². The van der Waals surface area contributed by atoms with Crippen LogP contribution in [-0.4, -0.2) is 23.1 Å². The number of carbonyl (C=O) groups is 1. The number of benzene rings is 2. The molecule has 1 aliphatic carbocycles. The number of methoxy groups -OCH3 is 1. The molecule has 0 bridgehead atoms. The van der Waals surface area contributed by atoms with Crippen molar-refractivity contribution in [2.75, 3.05) is 12.4 Å². The predicted octanol–water partition coefficient (Wildman–Crippen LogP) is 4.13. The van der Waals surface area contributed by atoms with Crippen molar-refractivity contribution in [3.63, 3.8) is 0 Å². The van der Waals surface area contributed by atoms with Gasteiger partial charge in [0.25, 0.3) is 5.69 Å². The Balaban J connectivity index is 1.79. The van der Waals surface area contributed by atoms with Gasteiger partial charge in [-0.1, -0.05) is 24.3 Å². The van der Waals surface area contributed by atoms with Crippen LogP contribution in [0.1, 0.15) is 39.9 Å². The Labute approximate surface area is 155 Å². The third-order valence-electron chi connectivity index (χ3n) is 5.36. The van der Waals surface area contributed by atoms with Crippen molar-refractivity contribution in [2.45, 2.75) is 18.4 Å². The minimum atomic E-state index is -0.960. The number of hydrogen-bond acceptors (Lipinski definition) is 5. The molecule has 3 atom stereocenters. The Morgan fingerprint density at radius 2 is 2.04 bits per heavy atom. The highest BCUT2D eigenvalue weighted by Crippen LogP contribution is 2.53. The van der Waals surface area contributed by atoms with E-state index >= 15 is 0 Å². The first-order chi connectivity index (χ1) is 13.0. The second kappa shape index (κ2) is 6.42. The van der Waals surface area contributed by atoms with Crippen LogP contribution in [-0.2, 0) is 0 Å². The molecule has 2 aliphatic rings. The van der Waals surface area contributed by atoms with Crippen LogP contribution in [0.3, 0.4) is 0 Å². The molecule has 0 fully saturated rings. The number of ether oxygens (including phenoxy) is 1. The van der Waals surface area contributed by atoms with Gasteiger partial charge in [-0.25, -0.2) is 4.79 Å². The molecule has 7 nitrogen and oxygen atoms in total. The first kappa shape index (κ1) is 17.1. The van der Waals surface area contributed by atoms with E-state index in [1.807, 2.05) is 12.1 Å². The van der Waals surface area contributed by atoms with Crippen molar-refractivity contribution >= 4 is 17.3 Å². The van der Waals surface area contributed by atoms with E-state index in [0.717, 1.165) is 23.2 Å². The molecular weight excluding hydrogens is 348 g/mol. The number of carboxylic acid groups (broad SMARTS) is 1. The summed E-state index contributed by atoms with van der Waals surface area (Å²) < 4.78 is 5.42. The maximum Gasteiger partial charge on any atom is 0.335 e. The number of carboxylic acids is 1. The van der Waals surface area contributed by atoms with Crippen LogP contribution in [0, 0.1) is 16.0 Å². The standard InChI is InChI=1S/C20H18N2O5/c1-27-17-10-13(22(25)26)9-16-14-3-2-4-15(14)18(21-19(16)17)11-5-7-12(8-6-11)20(23)24/h2-3,5-10,14-15,18,21H,4H2,1H3,(H,23,24)/t14-,15+,18+/m1/s1. The number of nitro benzene ring substituents is 1. The number of nitrogens with one attached hydrogen (secondary N) is 1. The van der Waals surface area contributed by atoms with Gasteiger partial charge in [-0.2, -0.15) is 0 Å². The fraction of sp³-hybridized carbons (Fsp3) is 0.250. The summed E-state index contributed by atoms with van der Waals surface area (Å²) in [5.74, 6) is -0.290. The van der Waals surface area contributed by atoms with Crippen molar-refractivity contribution in [2.24, 2.45) is 5.92 Å². The van der Waals surface area contributed by atoms with Gasteiger partial charge in [0, 0.05) is 12.0 Å². The number of fused-ring (bicyclic) bond motifs is 3. The summed E-state index contributed by atoms with van der Waals surface area (Å²) in [5.41, 5.74) is 2.84. The van der Waals surface area contributed by atoms with E-state index in [4.69, 9.17) is 9.84 Å². The van der Waals surface area contributed by atoms with Crippen LogP contribution in [0.25, 0.3) is 0 Å². The SMILES string of the molecule is COc1cc([N+](=O)[O-])cc2c1N[C@@H](c1ccc(C(=O)O)cc1)[C@H]1CC=C[C@@H]21. The molecule has 1 heterocycles. The minimum Gasteiger partial charge on any atom is -0.494 e. The number of anilines is 1. The summed E-state index contributed by atoms with van der Waals surface area (Å²) in [6.07, 6.45) is 5.02. The van der Waals surface area contributed by atoms with Gasteiger partial charge < -0.3 is 15.2 Å². The average Bonchev–Trinajstić information content (AvgIpc) is 3.16. The second-order valence-electron chi connectivity index (χ2n) is 6.77. The van der Waals surface area contributed by atoms with Gasteiger partial charge >= 0.3 is 5.97 Å². The highest BCUT2D eigenvalue weighted by molar-refractivity contribution is 5.87. The third kappa shape index (κ3) is 2.81. The molecule has 0 amide bonds. The molecule has 2 aromatic rings. The maximum atomic E-state index is 11.3. The zero-order chi connectivity index (χ0) is 19.1. The van der Waals surface area contributed by atoms with Crippen LogP contribution in [0.4, 0.5) is 11.4 Å². The number of non-ortho nitro benzene ring substituents is 1. The highest BCUT2D eigenvalue weighted by Gasteiger charge is 2.40. The van der Waals surface area contributed by atoms with Gasteiger partial charge in [-0.05, 0) is 35.6 Å². The van der Waals surface area contributed by atoms with E-state index in [9.17, 15) is 14.9 Å². The van der Waals surface area contributed by atoms with Gasteiger partial charge in [0.2, 0.25) is 0 Å². The normalized spacial score (nSPS) is 22.5. The summed E-state index contributed by atoms with van der Waals surface area (Å²) >= 11 is 0. The van der Waals surface area contributed by atoms with Crippen molar-refractivity contribution in [1.82, 2.24) is 0 Å². The van der Waals surface area contributed by atoms with Gasteiger partial charge in [0.1, 0.15) is 5.75 Å².